The van der Waals surface area contributed by atoms with Crippen LogP contribution in [0.25, 0.3) is 0 Å². The number of imide groups is 2. The van der Waals surface area contributed by atoms with Crippen LogP contribution >= 0.6 is 0 Å². The van der Waals surface area contributed by atoms with Crippen molar-refractivity contribution in [2.45, 2.75) is 69.5 Å². The van der Waals surface area contributed by atoms with Crippen LogP contribution in [0.3, 0.4) is 0 Å². The maximum absolute atomic E-state index is 12.7. The predicted molar refractivity (Wildman–Crippen MR) is 168 cm³/mol. The molecule has 2 saturated carbocycles. The summed E-state index contributed by atoms with van der Waals surface area (Å²) in [5.74, 6) is -1.33. The Morgan fingerprint density at radius 2 is 1.00 bits per heavy atom. The van der Waals surface area contributed by atoms with Gasteiger partial charge in [0.05, 0.1) is 40.3 Å². The molecular formula is C32H39N3O8S2. The zero-order valence-electron chi connectivity index (χ0n) is 25.7. The summed E-state index contributed by atoms with van der Waals surface area (Å²) < 4.78 is 48.4. The normalized spacial score (nSPS) is 25.2. The fraction of sp³-hybridized carbons (Fsp3) is 0.500. The SMILES string of the molecule is CN([C@@H]1CCCC[C@H]1N1C(=O)c2ccccc2C1=O)S(C)(=O)=O.CS(=O)(=O)C[C@@H]1CCCC[C@H]1N1C(=O)c2ccccc2C1=O. The maximum Gasteiger partial charge on any atom is 0.261 e. The summed E-state index contributed by atoms with van der Waals surface area (Å²) in [4.78, 5) is 53.0. The third-order valence-electron chi connectivity index (χ3n) is 9.38. The van der Waals surface area contributed by atoms with Crippen molar-refractivity contribution >= 4 is 43.5 Å². The van der Waals surface area contributed by atoms with Crippen molar-refractivity contribution in [3.8, 4) is 0 Å². The fourth-order valence-electron chi connectivity index (χ4n) is 7.19. The third kappa shape index (κ3) is 6.61. The molecule has 0 aromatic heterocycles. The van der Waals surface area contributed by atoms with Crippen LogP contribution in [-0.4, -0.2) is 98.0 Å². The summed E-state index contributed by atoms with van der Waals surface area (Å²) in [5.41, 5.74) is 1.67. The largest absolute Gasteiger partial charge is 0.271 e. The van der Waals surface area contributed by atoms with Crippen LogP contribution in [0.15, 0.2) is 48.5 Å². The first-order valence-corrected chi connectivity index (χ1v) is 19.2. The highest BCUT2D eigenvalue weighted by molar-refractivity contribution is 7.90. The van der Waals surface area contributed by atoms with Crippen molar-refractivity contribution < 1.29 is 36.0 Å². The van der Waals surface area contributed by atoms with Crippen LogP contribution in [0.1, 0.15) is 92.8 Å². The second-order valence-corrected chi connectivity index (χ2v) is 16.7. The number of carbonyl (C=O) groups excluding carboxylic acids is 4. The van der Waals surface area contributed by atoms with Gasteiger partial charge in [-0.25, -0.2) is 21.1 Å². The summed E-state index contributed by atoms with van der Waals surface area (Å²) in [6.45, 7) is 0. The van der Waals surface area contributed by atoms with E-state index in [0.29, 0.717) is 41.5 Å². The van der Waals surface area contributed by atoms with E-state index in [1.807, 2.05) is 0 Å². The summed E-state index contributed by atoms with van der Waals surface area (Å²) in [6.07, 6.45) is 8.71. The van der Waals surface area contributed by atoms with E-state index in [-0.39, 0.29) is 47.4 Å². The molecule has 4 atom stereocenters. The molecule has 0 spiro atoms. The topological polar surface area (TPSA) is 146 Å². The van der Waals surface area contributed by atoms with Crippen LogP contribution in [0.2, 0.25) is 0 Å². The standard InChI is InChI=1S/C16H20N2O4S.C16H19NO4S/c1-17(23(2,21)22)13-9-5-6-10-14(13)18-15(19)11-7-3-4-8-12(11)16(18)20;1-22(20,21)10-11-6-2-5-9-14(11)17-15(18)12-7-3-4-8-13(12)16(17)19/h3-4,7-8,13-14H,5-6,9-10H2,1-2H3;3-4,7-8,11,14H,2,5-6,9-10H2,1H3/t13-,14-;11-,14+/m10/s1. The van der Waals surface area contributed by atoms with Crippen LogP contribution < -0.4 is 0 Å². The second-order valence-electron chi connectivity index (χ2n) is 12.5. The van der Waals surface area contributed by atoms with Gasteiger partial charge in [0.2, 0.25) is 10.0 Å². The predicted octanol–water partition coefficient (Wildman–Crippen LogP) is 3.37. The number of sulfonamides is 1. The van der Waals surface area contributed by atoms with E-state index in [0.717, 1.165) is 38.4 Å². The van der Waals surface area contributed by atoms with E-state index in [1.165, 1.54) is 27.4 Å². The molecule has 2 aliphatic carbocycles. The van der Waals surface area contributed by atoms with Crippen LogP contribution in [0, 0.1) is 5.92 Å². The monoisotopic (exact) mass is 657 g/mol. The molecule has 4 amide bonds. The molecule has 2 fully saturated rings. The van der Waals surface area contributed by atoms with Gasteiger partial charge in [0.25, 0.3) is 23.6 Å². The van der Waals surface area contributed by atoms with Gasteiger partial charge in [-0.3, -0.25) is 29.0 Å². The van der Waals surface area contributed by atoms with Gasteiger partial charge >= 0.3 is 0 Å². The molecule has 11 nitrogen and oxygen atoms in total. The van der Waals surface area contributed by atoms with E-state index in [9.17, 15) is 36.0 Å². The van der Waals surface area contributed by atoms with Crippen molar-refractivity contribution in [3.63, 3.8) is 0 Å². The van der Waals surface area contributed by atoms with Gasteiger partial charge in [-0.1, -0.05) is 49.9 Å². The molecule has 0 N–H and O–H groups in total. The highest BCUT2D eigenvalue weighted by Crippen LogP contribution is 2.36. The highest BCUT2D eigenvalue weighted by atomic mass is 32.2. The molecular weight excluding hydrogens is 618 g/mol. The number of amides is 4. The fourth-order valence-corrected chi connectivity index (χ4v) is 9.10. The van der Waals surface area contributed by atoms with Crippen LogP contribution in [-0.2, 0) is 19.9 Å². The molecule has 6 rings (SSSR count). The summed E-state index contributed by atoms with van der Waals surface area (Å²) in [7, 11) is -5.00. The Kier molecular flexibility index (Phi) is 9.35. The van der Waals surface area contributed by atoms with Crippen molar-refractivity contribution in [1.82, 2.24) is 14.1 Å². The molecule has 4 aliphatic rings. The first-order chi connectivity index (χ1) is 21.2. The molecule has 2 aromatic rings. The molecule has 13 heteroatoms. The van der Waals surface area contributed by atoms with Gasteiger partial charge in [-0.15, -0.1) is 0 Å². The highest BCUT2D eigenvalue weighted by Gasteiger charge is 2.46. The van der Waals surface area contributed by atoms with Crippen molar-refractivity contribution in [2.24, 2.45) is 5.92 Å². The second kappa shape index (κ2) is 12.8. The smallest absolute Gasteiger partial charge is 0.261 e. The number of hydrogen-bond donors (Lipinski definition) is 0. The molecule has 45 heavy (non-hydrogen) atoms. The number of carbonyl (C=O) groups is 4. The van der Waals surface area contributed by atoms with Crippen molar-refractivity contribution in [2.75, 3.05) is 25.3 Å². The first kappa shape index (κ1) is 33.0. The summed E-state index contributed by atoms with van der Waals surface area (Å²) in [5, 5.41) is 0. The quantitative estimate of drug-likeness (QED) is 0.430. The molecule has 2 heterocycles. The minimum absolute atomic E-state index is 0.0328. The van der Waals surface area contributed by atoms with Gasteiger partial charge in [0.1, 0.15) is 9.84 Å². The maximum atomic E-state index is 12.7. The molecule has 0 unspecified atom stereocenters. The van der Waals surface area contributed by atoms with Gasteiger partial charge in [0, 0.05) is 25.4 Å². The number of benzene rings is 2. The Labute approximate surface area is 264 Å². The van der Waals surface area contributed by atoms with Gasteiger partial charge in [-0.2, -0.15) is 0 Å². The lowest BCUT2D eigenvalue weighted by Crippen LogP contribution is -2.55. The van der Waals surface area contributed by atoms with E-state index >= 15 is 0 Å². The minimum Gasteiger partial charge on any atom is -0.271 e. The molecule has 0 saturated heterocycles. The average Bonchev–Trinajstić information content (AvgIpc) is 3.40. The van der Waals surface area contributed by atoms with Crippen LogP contribution in [0.5, 0.6) is 0 Å². The lowest BCUT2D eigenvalue weighted by molar-refractivity contribution is 0.0456. The number of fused-ring (bicyclic) bond motifs is 2. The Balaban J connectivity index is 0.000000178. The number of hydrogen-bond acceptors (Lipinski definition) is 8. The van der Waals surface area contributed by atoms with E-state index in [2.05, 4.69) is 0 Å². The van der Waals surface area contributed by atoms with Gasteiger partial charge in [-0.05, 0) is 55.9 Å². The van der Waals surface area contributed by atoms with Crippen LogP contribution in [0.4, 0.5) is 0 Å². The average molecular weight is 658 g/mol. The number of nitrogens with zero attached hydrogens (tertiary/aromatic N) is 3. The first-order valence-electron chi connectivity index (χ1n) is 15.2. The number of likely N-dealkylation sites (N-methyl/N-ethyl adjacent to an activating group) is 1. The molecule has 0 radical (unpaired) electrons. The lowest BCUT2D eigenvalue weighted by Gasteiger charge is -2.40. The lowest BCUT2D eigenvalue weighted by atomic mass is 9.84. The number of sulfone groups is 1. The Morgan fingerprint density at radius 3 is 1.42 bits per heavy atom. The molecule has 0 bridgehead atoms. The molecule has 2 aromatic carbocycles. The summed E-state index contributed by atoms with van der Waals surface area (Å²) >= 11 is 0. The minimum atomic E-state index is -3.38. The summed E-state index contributed by atoms with van der Waals surface area (Å²) in [6, 6.07) is 12.5. The Hall–Kier alpha value is -3.42. The van der Waals surface area contributed by atoms with Gasteiger partial charge < -0.3 is 0 Å². The van der Waals surface area contributed by atoms with E-state index in [1.54, 1.807) is 48.5 Å². The Bertz CT molecular complexity index is 1670. The van der Waals surface area contributed by atoms with Gasteiger partial charge in [0.15, 0.2) is 0 Å². The van der Waals surface area contributed by atoms with E-state index in [4.69, 9.17) is 0 Å². The zero-order valence-corrected chi connectivity index (χ0v) is 27.3. The number of rotatable bonds is 6. The Morgan fingerprint density at radius 1 is 0.622 bits per heavy atom. The third-order valence-corrected chi connectivity index (χ3v) is 11.7. The van der Waals surface area contributed by atoms with Crippen molar-refractivity contribution in [3.05, 3.63) is 70.8 Å². The van der Waals surface area contributed by atoms with E-state index < -0.39 is 25.9 Å². The van der Waals surface area contributed by atoms with Crippen molar-refractivity contribution in [1.29, 1.82) is 0 Å². The molecule has 2 aliphatic heterocycles. The molecule has 242 valence electrons. The zero-order chi connectivity index (χ0) is 32.7.